The van der Waals surface area contributed by atoms with Gasteiger partial charge in [-0.25, -0.2) is 0 Å². The molecule has 0 amide bonds. The summed E-state index contributed by atoms with van der Waals surface area (Å²) >= 11 is 0. The first-order valence-electron chi connectivity index (χ1n) is 7.18. The molecule has 21 heavy (non-hydrogen) atoms. The lowest BCUT2D eigenvalue weighted by atomic mass is 9.99. The van der Waals surface area contributed by atoms with Crippen molar-refractivity contribution >= 4 is 11.5 Å². The monoisotopic (exact) mass is 283 g/mol. The molecule has 0 atom stereocenters. The Labute approximate surface area is 125 Å². The fourth-order valence-electron chi connectivity index (χ4n) is 2.28. The number of rotatable bonds is 5. The highest BCUT2D eigenvalue weighted by Gasteiger charge is 2.03. The number of carbonyl (C=O) groups is 1. The minimum absolute atomic E-state index is 0.147. The van der Waals surface area contributed by atoms with Crippen molar-refractivity contribution in [1.82, 2.24) is 0 Å². The third kappa shape index (κ3) is 4.63. The summed E-state index contributed by atoms with van der Waals surface area (Å²) in [4.78, 5) is 11.1. The minimum Gasteiger partial charge on any atom is -0.469 e. The van der Waals surface area contributed by atoms with E-state index in [4.69, 9.17) is 5.73 Å². The van der Waals surface area contributed by atoms with Crippen LogP contribution < -0.4 is 5.73 Å². The minimum atomic E-state index is -0.147. The van der Waals surface area contributed by atoms with Crippen LogP contribution in [0.4, 0.5) is 0 Å². The van der Waals surface area contributed by atoms with Gasteiger partial charge in [-0.05, 0) is 48.1 Å². The van der Waals surface area contributed by atoms with Crippen molar-refractivity contribution in [2.45, 2.75) is 25.7 Å². The SMILES string of the molecule is COC(=O)CCCc1ccc(C2=CC=C(N)C=CC2)cc1. The number of methoxy groups -OCH3 is 1. The van der Waals surface area contributed by atoms with E-state index in [1.165, 1.54) is 23.8 Å². The summed E-state index contributed by atoms with van der Waals surface area (Å²) in [6, 6.07) is 8.50. The number of hydrogen-bond donors (Lipinski definition) is 1. The first kappa shape index (κ1) is 15.1. The van der Waals surface area contributed by atoms with Crippen LogP contribution >= 0.6 is 0 Å². The highest BCUT2D eigenvalue weighted by Crippen LogP contribution is 2.22. The molecule has 0 saturated carbocycles. The molecular formula is C18H21NO2. The summed E-state index contributed by atoms with van der Waals surface area (Å²) in [5.41, 5.74) is 10.3. The molecule has 1 aromatic carbocycles. The van der Waals surface area contributed by atoms with Crippen LogP contribution in [0.15, 0.2) is 54.3 Å². The molecule has 1 aromatic rings. The maximum Gasteiger partial charge on any atom is 0.305 e. The smallest absolute Gasteiger partial charge is 0.305 e. The zero-order chi connectivity index (χ0) is 15.1. The van der Waals surface area contributed by atoms with Gasteiger partial charge in [-0.1, -0.05) is 36.4 Å². The average Bonchev–Trinajstić information content (AvgIpc) is 2.72. The fourth-order valence-corrected chi connectivity index (χ4v) is 2.28. The quantitative estimate of drug-likeness (QED) is 0.843. The van der Waals surface area contributed by atoms with Crippen molar-refractivity contribution in [2.75, 3.05) is 7.11 Å². The van der Waals surface area contributed by atoms with Crippen molar-refractivity contribution < 1.29 is 9.53 Å². The molecule has 0 radical (unpaired) electrons. The molecule has 0 spiro atoms. The Morgan fingerprint density at radius 1 is 1.24 bits per heavy atom. The maximum absolute atomic E-state index is 11.1. The summed E-state index contributed by atoms with van der Waals surface area (Å²) in [6.07, 6.45) is 11.1. The Bertz CT molecular complexity index is 580. The Balaban J connectivity index is 1.96. The van der Waals surface area contributed by atoms with Crippen molar-refractivity contribution in [3.05, 3.63) is 65.4 Å². The molecule has 2 N–H and O–H groups in total. The first-order valence-corrected chi connectivity index (χ1v) is 7.18. The van der Waals surface area contributed by atoms with E-state index in [-0.39, 0.29) is 5.97 Å². The number of nitrogens with two attached hydrogens (primary N) is 1. The zero-order valence-electron chi connectivity index (χ0n) is 12.3. The van der Waals surface area contributed by atoms with Crippen LogP contribution in [0, 0.1) is 0 Å². The first-order chi connectivity index (χ1) is 10.2. The lowest BCUT2D eigenvalue weighted by Crippen LogP contribution is -2.00. The highest BCUT2D eigenvalue weighted by molar-refractivity contribution is 5.70. The number of aryl methyl sites for hydroxylation is 1. The third-order valence-corrected chi connectivity index (χ3v) is 3.52. The van der Waals surface area contributed by atoms with Crippen molar-refractivity contribution in [3.8, 4) is 0 Å². The van der Waals surface area contributed by atoms with Crippen molar-refractivity contribution in [2.24, 2.45) is 5.73 Å². The van der Waals surface area contributed by atoms with Crippen molar-refractivity contribution in [1.29, 1.82) is 0 Å². The molecule has 1 aliphatic rings. The van der Waals surface area contributed by atoms with E-state index >= 15 is 0 Å². The molecular weight excluding hydrogens is 262 g/mol. The van der Waals surface area contributed by atoms with Crippen LogP contribution in [-0.4, -0.2) is 13.1 Å². The van der Waals surface area contributed by atoms with E-state index in [2.05, 4.69) is 41.2 Å². The van der Waals surface area contributed by atoms with E-state index in [1.54, 1.807) is 0 Å². The van der Waals surface area contributed by atoms with Crippen LogP contribution in [0.3, 0.4) is 0 Å². The molecule has 3 heteroatoms. The van der Waals surface area contributed by atoms with Crippen LogP contribution in [0.25, 0.3) is 5.57 Å². The molecule has 110 valence electrons. The molecule has 3 nitrogen and oxygen atoms in total. The topological polar surface area (TPSA) is 52.3 Å². The predicted octanol–water partition coefficient (Wildman–Crippen LogP) is 3.37. The van der Waals surface area contributed by atoms with Crippen LogP contribution in [0.2, 0.25) is 0 Å². The van der Waals surface area contributed by atoms with E-state index in [0.717, 1.165) is 25.0 Å². The summed E-state index contributed by atoms with van der Waals surface area (Å²) in [5, 5.41) is 0. The molecule has 0 unspecified atom stereocenters. The van der Waals surface area contributed by atoms with E-state index in [0.29, 0.717) is 6.42 Å². The second-order valence-electron chi connectivity index (χ2n) is 5.09. The average molecular weight is 283 g/mol. The lowest BCUT2D eigenvalue weighted by Gasteiger charge is -2.06. The third-order valence-electron chi connectivity index (χ3n) is 3.52. The summed E-state index contributed by atoms with van der Waals surface area (Å²) < 4.78 is 4.64. The van der Waals surface area contributed by atoms with Gasteiger partial charge >= 0.3 is 5.97 Å². The van der Waals surface area contributed by atoms with E-state index in [9.17, 15) is 4.79 Å². The Hall–Kier alpha value is -2.29. The van der Waals surface area contributed by atoms with Gasteiger partial charge in [-0.3, -0.25) is 4.79 Å². The number of hydrogen-bond acceptors (Lipinski definition) is 3. The summed E-state index contributed by atoms with van der Waals surface area (Å²) in [5.74, 6) is -0.147. The number of ether oxygens (including phenoxy) is 1. The summed E-state index contributed by atoms with van der Waals surface area (Å²) in [6.45, 7) is 0. The molecule has 1 aliphatic carbocycles. The molecule has 0 heterocycles. The van der Waals surface area contributed by atoms with Gasteiger partial charge < -0.3 is 10.5 Å². The number of esters is 1. The van der Waals surface area contributed by atoms with Gasteiger partial charge in [-0.15, -0.1) is 0 Å². The van der Waals surface area contributed by atoms with Crippen molar-refractivity contribution in [3.63, 3.8) is 0 Å². The highest BCUT2D eigenvalue weighted by atomic mass is 16.5. The zero-order valence-corrected chi connectivity index (χ0v) is 12.3. The number of benzene rings is 1. The largest absolute Gasteiger partial charge is 0.469 e. The standard InChI is InChI=1S/C18H21NO2/c1-21-18(20)7-2-4-14-8-10-16(11-9-14)15-5-3-6-17(19)13-12-15/h3,6,8-13H,2,4-5,7,19H2,1H3. The molecule has 0 bridgehead atoms. The summed E-state index contributed by atoms with van der Waals surface area (Å²) in [7, 11) is 1.42. The maximum atomic E-state index is 11.1. The normalized spacial score (nSPS) is 14.1. The van der Waals surface area contributed by atoms with E-state index in [1.807, 2.05) is 12.2 Å². The van der Waals surface area contributed by atoms with Gasteiger partial charge in [0.15, 0.2) is 0 Å². The lowest BCUT2D eigenvalue weighted by molar-refractivity contribution is -0.140. The number of carbonyl (C=O) groups excluding carboxylic acids is 1. The second kappa shape index (κ2) is 7.48. The molecule has 0 saturated heterocycles. The molecule has 0 aliphatic heterocycles. The van der Waals surface area contributed by atoms with Crippen LogP contribution in [0.5, 0.6) is 0 Å². The van der Waals surface area contributed by atoms with Gasteiger partial charge in [0.25, 0.3) is 0 Å². The molecule has 0 aromatic heterocycles. The molecule has 0 fully saturated rings. The Kier molecular flexibility index (Phi) is 5.38. The van der Waals surface area contributed by atoms with Gasteiger partial charge in [-0.2, -0.15) is 0 Å². The van der Waals surface area contributed by atoms with E-state index < -0.39 is 0 Å². The van der Waals surface area contributed by atoms with Gasteiger partial charge in [0, 0.05) is 12.1 Å². The van der Waals surface area contributed by atoms with Gasteiger partial charge in [0.1, 0.15) is 0 Å². The van der Waals surface area contributed by atoms with Crippen LogP contribution in [0.1, 0.15) is 30.4 Å². The fraction of sp³-hybridized carbons (Fsp3) is 0.278. The number of allylic oxidation sites excluding steroid dienone is 5. The Morgan fingerprint density at radius 2 is 2.00 bits per heavy atom. The Morgan fingerprint density at radius 3 is 2.71 bits per heavy atom. The predicted molar refractivity (Wildman–Crippen MR) is 85.4 cm³/mol. The molecule has 2 rings (SSSR count). The second-order valence-corrected chi connectivity index (χ2v) is 5.09. The van der Waals surface area contributed by atoms with Gasteiger partial charge in [0.05, 0.1) is 7.11 Å². The van der Waals surface area contributed by atoms with Gasteiger partial charge in [0.2, 0.25) is 0 Å². The van der Waals surface area contributed by atoms with Crippen LogP contribution in [-0.2, 0) is 16.0 Å².